The largest absolute Gasteiger partial charge is 0.376 e. The van der Waals surface area contributed by atoms with Crippen molar-refractivity contribution in [3.63, 3.8) is 0 Å². The van der Waals surface area contributed by atoms with Crippen LogP contribution in [0.2, 0.25) is 0 Å². The van der Waals surface area contributed by atoms with Crippen LogP contribution in [-0.2, 0) is 14.3 Å². The van der Waals surface area contributed by atoms with Gasteiger partial charge in [0.1, 0.15) is 6.61 Å². The molecule has 7 heteroatoms. The molecule has 0 aliphatic carbocycles. The van der Waals surface area contributed by atoms with Gasteiger partial charge in [-0.2, -0.15) is 4.98 Å². The van der Waals surface area contributed by atoms with E-state index in [9.17, 15) is 4.79 Å². The van der Waals surface area contributed by atoms with Crippen LogP contribution >= 0.6 is 0 Å². The molecule has 0 aromatic carbocycles. The number of nitrogens with zero attached hydrogens (tertiary/aromatic N) is 3. The number of ether oxygens (including phenoxy) is 2. The van der Waals surface area contributed by atoms with Crippen LogP contribution in [0.15, 0.2) is 4.52 Å². The van der Waals surface area contributed by atoms with Crippen molar-refractivity contribution >= 4 is 5.91 Å². The summed E-state index contributed by atoms with van der Waals surface area (Å²) in [7, 11) is 0. The minimum absolute atomic E-state index is 0.0327. The molecule has 7 nitrogen and oxygen atoms in total. The Morgan fingerprint density at radius 3 is 2.96 bits per heavy atom. The molecule has 2 aliphatic heterocycles. The maximum Gasteiger partial charge on any atom is 0.248 e. The number of carbonyl (C=O) groups excluding carboxylic acids is 1. The van der Waals surface area contributed by atoms with Gasteiger partial charge < -0.3 is 18.9 Å². The molecular formula is C17H27N3O4. The van der Waals surface area contributed by atoms with Gasteiger partial charge in [0, 0.05) is 31.5 Å². The quantitative estimate of drug-likeness (QED) is 0.791. The monoisotopic (exact) mass is 337 g/mol. The first-order valence-electron chi connectivity index (χ1n) is 8.94. The van der Waals surface area contributed by atoms with Crippen molar-refractivity contribution in [2.75, 3.05) is 32.9 Å². The molecule has 3 rings (SSSR count). The second kappa shape index (κ2) is 8.07. The molecule has 24 heavy (non-hydrogen) atoms. The summed E-state index contributed by atoms with van der Waals surface area (Å²) < 4.78 is 16.3. The van der Waals surface area contributed by atoms with Crippen molar-refractivity contribution in [3.05, 3.63) is 11.7 Å². The van der Waals surface area contributed by atoms with E-state index in [1.165, 1.54) is 0 Å². The van der Waals surface area contributed by atoms with Crippen LogP contribution in [0, 0.1) is 0 Å². The van der Waals surface area contributed by atoms with Gasteiger partial charge in [-0.05, 0) is 25.7 Å². The Morgan fingerprint density at radius 2 is 2.25 bits per heavy atom. The Labute approximate surface area is 142 Å². The number of piperidine rings is 1. The van der Waals surface area contributed by atoms with E-state index >= 15 is 0 Å². The molecule has 1 aromatic heterocycles. The van der Waals surface area contributed by atoms with Gasteiger partial charge in [-0.1, -0.05) is 19.0 Å². The highest BCUT2D eigenvalue weighted by Crippen LogP contribution is 2.26. The summed E-state index contributed by atoms with van der Waals surface area (Å²) >= 11 is 0. The van der Waals surface area contributed by atoms with Gasteiger partial charge in [-0.25, -0.2) is 0 Å². The number of hydrogen-bond acceptors (Lipinski definition) is 6. The molecular weight excluding hydrogens is 310 g/mol. The molecule has 0 unspecified atom stereocenters. The van der Waals surface area contributed by atoms with E-state index in [-0.39, 0.29) is 30.5 Å². The summed E-state index contributed by atoms with van der Waals surface area (Å²) in [5.41, 5.74) is 0. The first-order chi connectivity index (χ1) is 11.6. The molecule has 0 radical (unpaired) electrons. The van der Waals surface area contributed by atoms with Crippen LogP contribution in [0.3, 0.4) is 0 Å². The lowest BCUT2D eigenvalue weighted by atomic mass is 9.97. The maximum atomic E-state index is 12.4. The molecule has 1 amide bonds. The van der Waals surface area contributed by atoms with E-state index in [1.807, 2.05) is 18.7 Å². The fraction of sp³-hybridized carbons (Fsp3) is 0.824. The molecule has 134 valence electrons. The van der Waals surface area contributed by atoms with Crippen molar-refractivity contribution < 1.29 is 18.8 Å². The third kappa shape index (κ3) is 4.33. The fourth-order valence-electron chi connectivity index (χ4n) is 3.21. The number of amides is 1. The predicted octanol–water partition coefficient (Wildman–Crippen LogP) is 2.09. The van der Waals surface area contributed by atoms with Gasteiger partial charge in [-0.3, -0.25) is 4.79 Å². The lowest BCUT2D eigenvalue weighted by molar-refractivity contribution is -0.138. The topological polar surface area (TPSA) is 77.7 Å². The van der Waals surface area contributed by atoms with Crippen molar-refractivity contribution in [3.8, 4) is 0 Å². The van der Waals surface area contributed by atoms with Crippen molar-refractivity contribution in [2.45, 2.75) is 57.5 Å². The van der Waals surface area contributed by atoms with Crippen molar-refractivity contribution in [1.29, 1.82) is 0 Å². The Hall–Kier alpha value is -1.47. The van der Waals surface area contributed by atoms with Gasteiger partial charge in [0.05, 0.1) is 12.7 Å². The zero-order valence-corrected chi connectivity index (χ0v) is 14.6. The molecule has 3 heterocycles. The van der Waals surface area contributed by atoms with E-state index in [0.717, 1.165) is 44.7 Å². The highest BCUT2D eigenvalue weighted by Gasteiger charge is 2.28. The zero-order chi connectivity index (χ0) is 16.9. The van der Waals surface area contributed by atoms with Gasteiger partial charge in [0.2, 0.25) is 11.8 Å². The summed E-state index contributed by atoms with van der Waals surface area (Å²) in [6, 6.07) is 0. The number of aromatic nitrogens is 2. The average Bonchev–Trinajstić information content (AvgIpc) is 3.26. The number of likely N-dealkylation sites (tertiary alicyclic amines) is 1. The normalized spacial score (nSPS) is 24.7. The Kier molecular flexibility index (Phi) is 5.84. The number of rotatable bonds is 6. The Morgan fingerprint density at radius 1 is 1.38 bits per heavy atom. The fourth-order valence-corrected chi connectivity index (χ4v) is 3.21. The second-order valence-corrected chi connectivity index (χ2v) is 6.97. The molecule has 1 aromatic rings. The molecule has 2 aliphatic rings. The summed E-state index contributed by atoms with van der Waals surface area (Å²) in [6.07, 6.45) is 4.20. The van der Waals surface area contributed by atoms with Crippen molar-refractivity contribution in [1.82, 2.24) is 15.0 Å². The highest BCUT2D eigenvalue weighted by molar-refractivity contribution is 5.77. The highest BCUT2D eigenvalue weighted by atomic mass is 16.5. The van der Waals surface area contributed by atoms with Crippen LogP contribution in [0.5, 0.6) is 0 Å². The molecule has 0 saturated carbocycles. The van der Waals surface area contributed by atoms with E-state index in [2.05, 4.69) is 10.1 Å². The summed E-state index contributed by atoms with van der Waals surface area (Å²) in [4.78, 5) is 18.7. The third-order valence-electron chi connectivity index (χ3n) is 4.64. The second-order valence-electron chi connectivity index (χ2n) is 6.97. The molecule has 2 saturated heterocycles. The van der Waals surface area contributed by atoms with E-state index in [4.69, 9.17) is 14.0 Å². The Balaban J connectivity index is 1.47. The van der Waals surface area contributed by atoms with Crippen LogP contribution in [0.4, 0.5) is 0 Å². The van der Waals surface area contributed by atoms with E-state index in [0.29, 0.717) is 19.0 Å². The zero-order valence-electron chi connectivity index (χ0n) is 14.6. The lowest BCUT2D eigenvalue weighted by Gasteiger charge is -2.31. The molecule has 2 atom stereocenters. The smallest absolute Gasteiger partial charge is 0.248 e. The van der Waals surface area contributed by atoms with E-state index < -0.39 is 0 Å². The molecule has 2 fully saturated rings. The van der Waals surface area contributed by atoms with Crippen LogP contribution in [0.25, 0.3) is 0 Å². The van der Waals surface area contributed by atoms with Crippen LogP contribution in [-0.4, -0.2) is 60.0 Å². The molecule has 0 N–H and O–H groups in total. The number of carbonyl (C=O) groups is 1. The lowest BCUT2D eigenvalue weighted by Crippen LogP contribution is -2.41. The van der Waals surface area contributed by atoms with Gasteiger partial charge in [-0.15, -0.1) is 0 Å². The summed E-state index contributed by atoms with van der Waals surface area (Å²) in [5, 5.41) is 4.10. The predicted molar refractivity (Wildman–Crippen MR) is 86.7 cm³/mol. The first kappa shape index (κ1) is 17.4. The Bertz CT molecular complexity index is 540. The SMILES string of the molecule is CC(C)c1nc([C@H]2CCCN(C(=O)COC[C@@H]3CCCO3)C2)no1. The van der Waals surface area contributed by atoms with Crippen LogP contribution in [0.1, 0.15) is 63.1 Å². The average molecular weight is 337 g/mol. The van der Waals surface area contributed by atoms with Crippen LogP contribution < -0.4 is 0 Å². The first-order valence-corrected chi connectivity index (χ1v) is 8.94. The summed E-state index contributed by atoms with van der Waals surface area (Å²) in [6.45, 7) is 6.89. The van der Waals surface area contributed by atoms with Gasteiger partial charge in [0.15, 0.2) is 5.82 Å². The minimum atomic E-state index is 0.0327. The van der Waals surface area contributed by atoms with Gasteiger partial charge in [0.25, 0.3) is 0 Å². The number of hydrogen-bond donors (Lipinski definition) is 0. The molecule has 0 spiro atoms. The maximum absolute atomic E-state index is 12.4. The van der Waals surface area contributed by atoms with Gasteiger partial charge >= 0.3 is 0 Å². The third-order valence-corrected chi connectivity index (χ3v) is 4.64. The van der Waals surface area contributed by atoms with Crippen molar-refractivity contribution in [2.24, 2.45) is 0 Å². The van der Waals surface area contributed by atoms with E-state index in [1.54, 1.807) is 0 Å². The molecule has 0 bridgehead atoms. The minimum Gasteiger partial charge on any atom is -0.376 e. The summed E-state index contributed by atoms with van der Waals surface area (Å²) in [5.74, 6) is 1.78. The standard InChI is InChI=1S/C17H27N3O4/c1-12(2)17-18-16(19-24-17)13-5-3-7-20(9-13)15(21)11-22-10-14-6-4-8-23-14/h12-14H,3-11H2,1-2H3/t13-,14-/m0/s1.